The Bertz CT molecular complexity index is 460. The van der Waals surface area contributed by atoms with Crippen molar-refractivity contribution in [1.29, 1.82) is 0 Å². The summed E-state index contributed by atoms with van der Waals surface area (Å²) in [5.74, 6) is -0.0408. The molecule has 1 aliphatic rings. The number of hydrogen-bond acceptors (Lipinski definition) is 4. The predicted octanol–water partition coefficient (Wildman–Crippen LogP) is 1.23. The van der Waals surface area contributed by atoms with Crippen molar-refractivity contribution in [2.45, 2.75) is 19.4 Å². The summed E-state index contributed by atoms with van der Waals surface area (Å²) in [6, 6.07) is 3.99. The number of nitrogens with zero attached hydrogens (tertiary/aromatic N) is 3. The maximum absolute atomic E-state index is 10.9. The Morgan fingerprint density at radius 3 is 2.72 bits per heavy atom. The summed E-state index contributed by atoms with van der Waals surface area (Å²) in [4.78, 5) is 19.8. The van der Waals surface area contributed by atoms with Gasteiger partial charge in [0.15, 0.2) is 0 Å². The second kappa shape index (κ2) is 4.94. The molecule has 0 spiro atoms. The molecule has 1 aromatic rings. The highest BCUT2D eigenvalue weighted by molar-refractivity contribution is 5.89. The number of aromatic carboxylic acids is 1. The average molecular weight is 249 g/mol. The van der Waals surface area contributed by atoms with Gasteiger partial charge in [0, 0.05) is 19.1 Å². The number of carboxylic acid groups (broad SMARTS) is 1. The van der Waals surface area contributed by atoms with Gasteiger partial charge < -0.3 is 14.9 Å². The van der Waals surface area contributed by atoms with Crippen LogP contribution in [0, 0.1) is 6.92 Å². The lowest BCUT2D eigenvalue weighted by Gasteiger charge is -2.21. The van der Waals surface area contributed by atoms with Gasteiger partial charge >= 0.3 is 5.97 Å². The van der Waals surface area contributed by atoms with Crippen LogP contribution in [0.5, 0.6) is 0 Å². The van der Waals surface area contributed by atoms with Crippen molar-refractivity contribution in [1.82, 2.24) is 9.88 Å². The van der Waals surface area contributed by atoms with Crippen molar-refractivity contribution in [2.75, 3.05) is 32.1 Å². The van der Waals surface area contributed by atoms with Crippen LogP contribution in [-0.4, -0.2) is 54.2 Å². The molecule has 18 heavy (non-hydrogen) atoms. The molecule has 1 saturated heterocycles. The van der Waals surface area contributed by atoms with E-state index >= 15 is 0 Å². The monoisotopic (exact) mass is 249 g/mol. The molecule has 5 nitrogen and oxygen atoms in total. The molecule has 0 bridgehead atoms. The number of likely N-dealkylation sites (N-methyl/N-ethyl adjacent to an activating group) is 1. The van der Waals surface area contributed by atoms with Crippen LogP contribution in [0.1, 0.15) is 22.5 Å². The summed E-state index contributed by atoms with van der Waals surface area (Å²) >= 11 is 0. The Morgan fingerprint density at radius 1 is 1.50 bits per heavy atom. The van der Waals surface area contributed by atoms with Crippen LogP contribution < -0.4 is 4.90 Å². The van der Waals surface area contributed by atoms with Gasteiger partial charge in [0.1, 0.15) is 5.82 Å². The SMILES string of the molecule is Cc1nc(N2CCC(N(C)C)C2)ccc1C(=O)O. The van der Waals surface area contributed by atoms with E-state index in [0.29, 0.717) is 11.7 Å². The molecular formula is C13H19N3O2. The van der Waals surface area contributed by atoms with E-state index in [0.717, 1.165) is 25.3 Å². The Morgan fingerprint density at radius 2 is 2.22 bits per heavy atom. The lowest BCUT2D eigenvalue weighted by molar-refractivity contribution is 0.0695. The first-order valence-electron chi connectivity index (χ1n) is 6.11. The Labute approximate surface area is 107 Å². The molecule has 1 aromatic heterocycles. The number of aromatic nitrogens is 1. The lowest BCUT2D eigenvalue weighted by atomic mass is 10.2. The topological polar surface area (TPSA) is 56.7 Å². The highest BCUT2D eigenvalue weighted by atomic mass is 16.4. The van der Waals surface area contributed by atoms with Gasteiger partial charge in [-0.2, -0.15) is 0 Å². The minimum absolute atomic E-state index is 0.280. The van der Waals surface area contributed by atoms with E-state index in [4.69, 9.17) is 5.11 Å². The van der Waals surface area contributed by atoms with Crippen LogP contribution in [0.2, 0.25) is 0 Å². The van der Waals surface area contributed by atoms with Crippen molar-refractivity contribution in [3.63, 3.8) is 0 Å². The first kappa shape index (κ1) is 12.8. The highest BCUT2D eigenvalue weighted by Crippen LogP contribution is 2.21. The van der Waals surface area contributed by atoms with Crippen LogP contribution in [0.15, 0.2) is 12.1 Å². The minimum Gasteiger partial charge on any atom is -0.478 e. The molecular weight excluding hydrogens is 230 g/mol. The van der Waals surface area contributed by atoms with Gasteiger partial charge in [-0.05, 0) is 39.6 Å². The molecule has 2 rings (SSSR count). The van der Waals surface area contributed by atoms with E-state index in [1.54, 1.807) is 19.1 Å². The molecule has 1 fully saturated rings. The lowest BCUT2D eigenvalue weighted by Crippen LogP contribution is -2.31. The van der Waals surface area contributed by atoms with E-state index in [1.165, 1.54) is 0 Å². The number of anilines is 1. The Kier molecular flexibility index (Phi) is 3.52. The minimum atomic E-state index is -0.917. The normalized spacial score (nSPS) is 19.6. The van der Waals surface area contributed by atoms with Crippen LogP contribution in [-0.2, 0) is 0 Å². The van der Waals surface area contributed by atoms with Gasteiger partial charge in [0.2, 0.25) is 0 Å². The predicted molar refractivity (Wildman–Crippen MR) is 70.2 cm³/mol. The average Bonchev–Trinajstić information content (AvgIpc) is 2.77. The van der Waals surface area contributed by atoms with E-state index in [-0.39, 0.29) is 5.56 Å². The standard InChI is InChI=1S/C13H19N3O2/c1-9-11(13(17)18)4-5-12(14-9)16-7-6-10(8-16)15(2)3/h4-5,10H,6-8H2,1-3H3,(H,17,18). The fourth-order valence-corrected chi connectivity index (χ4v) is 2.32. The molecule has 1 N–H and O–H groups in total. The van der Waals surface area contributed by atoms with E-state index < -0.39 is 5.97 Å². The maximum atomic E-state index is 10.9. The summed E-state index contributed by atoms with van der Waals surface area (Å²) in [6.45, 7) is 3.67. The van der Waals surface area contributed by atoms with Gasteiger partial charge in [0.25, 0.3) is 0 Å². The molecule has 1 unspecified atom stereocenters. The van der Waals surface area contributed by atoms with Gasteiger partial charge in [-0.3, -0.25) is 0 Å². The van der Waals surface area contributed by atoms with Crippen molar-refractivity contribution in [2.24, 2.45) is 0 Å². The van der Waals surface area contributed by atoms with Crippen molar-refractivity contribution in [3.05, 3.63) is 23.4 Å². The van der Waals surface area contributed by atoms with Gasteiger partial charge in [-0.1, -0.05) is 0 Å². The number of pyridine rings is 1. The third kappa shape index (κ3) is 2.46. The van der Waals surface area contributed by atoms with Crippen LogP contribution in [0.25, 0.3) is 0 Å². The summed E-state index contributed by atoms with van der Waals surface area (Å²) in [6.07, 6.45) is 1.12. The molecule has 1 aliphatic heterocycles. The zero-order valence-corrected chi connectivity index (χ0v) is 11.1. The fraction of sp³-hybridized carbons (Fsp3) is 0.538. The van der Waals surface area contributed by atoms with E-state index in [1.807, 2.05) is 0 Å². The second-order valence-electron chi connectivity index (χ2n) is 4.96. The van der Waals surface area contributed by atoms with Crippen LogP contribution >= 0.6 is 0 Å². The zero-order chi connectivity index (χ0) is 13.3. The molecule has 0 radical (unpaired) electrons. The zero-order valence-electron chi connectivity index (χ0n) is 11.1. The van der Waals surface area contributed by atoms with Gasteiger partial charge in [-0.25, -0.2) is 9.78 Å². The van der Waals surface area contributed by atoms with Crippen LogP contribution in [0.3, 0.4) is 0 Å². The quantitative estimate of drug-likeness (QED) is 0.873. The summed E-state index contributed by atoms with van der Waals surface area (Å²) in [5, 5.41) is 8.98. The summed E-state index contributed by atoms with van der Waals surface area (Å²) in [5.41, 5.74) is 0.857. The number of carbonyl (C=O) groups is 1. The van der Waals surface area contributed by atoms with Gasteiger partial charge in [-0.15, -0.1) is 0 Å². The molecule has 5 heteroatoms. The number of carboxylic acids is 1. The third-order valence-electron chi connectivity index (χ3n) is 3.52. The Hall–Kier alpha value is -1.62. The maximum Gasteiger partial charge on any atom is 0.337 e. The molecule has 98 valence electrons. The van der Waals surface area contributed by atoms with Crippen molar-refractivity contribution >= 4 is 11.8 Å². The first-order valence-corrected chi connectivity index (χ1v) is 6.11. The largest absolute Gasteiger partial charge is 0.478 e. The number of aryl methyl sites for hydroxylation is 1. The summed E-state index contributed by atoms with van der Waals surface area (Å²) < 4.78 is 0. The molecule has 0 aromatic carbocycles. The Balaban J connectivity index is 2.16. The molecule has 2 heterocycles. The summed E-state index contributed by atoms with van der Waals surface area (Å²) in [7, 11) is 4.17. The van der Waals surface area contributed by atoms with E-state index in [9.17, 15) is 4.79 Å². The first-order chi connectivity index (χ1) is 8.49. The van der Waals surface area contributed by atoms with Crippen LogP contribution in [0.4, 0.5) is 5.82 Å². The van der Waals surface area contributed by atoms with Gasteiger partial charge in [0.05, 0.1) is 11.3 Å². The molecule has 0 saturated carbocycles. The molecule has 0 amide bonds. The molecule has 1 atom stereocenters. The fourth-order valence-electron chi connectivity index (χ4n) is 2.32. The van der Waals surface area contributed by atoms with E-state index in [2.05, 4.69) is 28.9 Å². The third-order valence-corrected chi connectivity index (χ3v) is 3.52. The number of rotatable bonds is 3. The smallest absolute Gasteiger partial charge is 0.337 e. The van der Waals surface area contributed by atoms with Crippen molar-refractivity contribution in [3.8, 4) is 0 Å². The highest BCUT2D eigenvalue weighted by Gasteiger charge is 2.25. The second-order valence-corrected chi connectivity index (χ2v) is 4.96. The number of hydrogen-bond donors (Lipinski definition) is 1. The van der Waals surface area contributed by atoms with Crippen molar-refractivity contribution < 1.29 is 9.90 Å². The molecule has 0 aliphatic carbocycles.